The lowest BCUT2D eigenvalue weighted by Crippen LogP contribution is -2.21. The molecule has 0 aliphatic rings. The summed E-state index contributed by atoms with van der Waals surface area (Å²) < 4.78 is 29.0. The summed E-state index contributed by atoms with van der Waals surface area (Å²) in [4.78, 5) is 23.6. The zero-order valence-corrected chi connectivity index (χ0v) is 15.5. The minimum absolute atomic E-state index is 0.0481. The van der Waals surface area contributed by atoms with Crippen LogP contribution in [0.25, 0.3) is 0 Å². The van der Waals surface area contributed by atoms with Crippen LogP contribution < -0.4 is 14.8 Å². The van der Waals surface area contributed by atoms with E-state index in [2.05, 4.69) is 5.32 Å². The number of hydrogen-bond donors (Lipinski definition) is 1. The second kappa shape index (κ2) is 9.56. The van der Waals surface area contributed by atoms with Crippen LogP contribution in [-0.4, -0.2) is 32.7 Å². The van der Waals surface area contributed by atoms with E-state index in [4.69, 9.17) is 14.2 Å². The fraction of sp³-hybridized carbons (Fsp3) is 0.300. The van der Waals surface area contributed by atoms with Gasteiger partial charge in [0.15, 0.2) is 18.1 Å². The van der Waals surface area contributed by atoms with Crippen molar-refractivity contribution in [1.29, 1.82) is 0 Å². The van der Waals surface area contributed by atoms with E-state index in [-0.39, 0.29) is 12.1 Å². The van der Waals surface area contributed by atoms with Gasteiger partial charge in [-0.2, -0.15) is 0 Å². The minimum Gasteiger partial charge on any atom is -0.493 e. The summed E-state index contributed by atoms with van der Waals surface area (Å²) in [5.74, 6) is -0.489. The first-order valence-electron chi connectivity index (χ1n) is 8.35. The standard InChI is InChI=1S/C20H22FNO5/c1-13-4-7-16(15(21)10-13)22-19(23)12-27-20(24)9-6-14-5-8-17(25-2)18(11-14)26-3/h4-5,7-8,10-11H,6,9,12H2,1-3H3,(H,22,23). The van der Waals surface area contributed by atoms with Crippen molar-refractivity contribution in [2.24, 2.45) is 0 Å². The molecule has 2 aromatic rings. The van der Waals surface area contributed by atoms with Gasteiger partial charge < -0.3 is 19.5 Å². The average molecular weight is 375 g/mol. The SMILES string of the molecule is COc1ccc(CCC(=O)OCC(=O)Nc2ccc(C)cc2F)cc1OC. The first kappa shape index (κ1) is 20.2. The molecule has 0 fully saturated rings. The maximum absolute atomic E-state index is 13.7. The van der Waals surface area contributed by atoms with E-state index in [1.807, 2.05) is 6.07 Å². The summed E-state index contributed by atoms with van der Waals surface area (Å²) in [5, 5.41) is 2.37. The molecule has 7 heteroatoms. The van der Waals surface area contributed by atoms with Crippen LogP contribution in [0, 0.1) is 12.7 Å². The van der Waals surface area contributed by atoms with Crippen LogP contribution in [0.15, 0.2) is 36.4 Å². The van der Waals surface area contributed by atoms with Gasteiger partial charge in [0.05, 0.1) is 19.9 Å². The topological polar surface area (TPSA) is 73.9 Å². The Hall–Kier alpha value is -3.09. The Labute approximate surface area is 157 Å². The lowest BCUT2D eigenvalue weighted by Gasteiger charge is -2.10. The number of esters is 1. The van der Waals surface area contributed by atoms with Crippen molar-refractivity contribution in [2.75, 3.05) is 26.1 Å². The molecule has 0 aliphatic carbocycles. The van der Waals surface area contributed by atoms with Crippen molar-refractivity contribution in [3.8, 4) is 11.5 Å². The van der Waals surface area contributed by atoms with E-state index in [0.717, 1.165) is 11.1 Å². The monoisotopic (exact) mass is 375 g/mol. The molecule has 144 valence electrons. The predicted molar refractivity (Wildman–Crippen MR) is 98.6 cm³/mol. The summed E-state index contributed by atoms with van der Waals surface area (Å²) in [7, 11) is 3.08. The van der Waals surface area contributed by atoms with Crippen molar-refractivity contribution in [3.63, 3.8) is 0 Å². The number of nitrogens with one attached hydrogen (secondary N) is 1. The molecule has 0 unspecified atom stereocenters. The highest BCUT2D eigenvalue weighted by atomic mass is 19.1. The zero-order valence-electron chi connectivity index (χ0n) is 15.5. The number of methoxy groups -OCH3 is 2. The van der Waals surface area contributed by atoms with Gasteiger partial charge in [-0.15, -0.1) is 0 Å². The molecular formula is C20H22FNO5. The third kappa shape index (κ3) is 5.99. The van der Waals surface area contributed by atoms with Crippen LogP contribution in [0.2, 0.25) is 0 Å². The molecule has 2 aromatic carbocycles. The largest absolute Gasteiger partial charge is 0.493 e. The Morgan fingerprint density at radius 1 is 1.04 bits per heavy atom. The number of amides is 1. The van der Waals surface area contributed by atoms with Crippen molar-refractivity contribution in [2.45, 2.75) is 19.8 Å². The quantitative estimate of drug-likeness (QED) is 0.717. The Balaban J connectivity index is 1.79. The summed E-state index contributed by atoms with van der Waals surface area (Å²) >= 11 is 0. The maximum atomic E-state index is 13.7. The predicted octanol–water partition coefficient (Wildman–Crippen LogP) is 3.27. The third-order valence-electron chi connectivity index (χ3n) is 3.83. The summed E-state index contributed by atoms with van der Waals surface area (Å²) in [5.41, 5.74) is 1.66. The lowest BCUT2D eigenvalue weighted by atomic mass is 10.1. The maximum Gasteiger partial charge on any atom is 0.306 e. The molecule has 0 aliphatic heterocycles. The van der Waals surface area contributed by atoms with Gasteiger partial charge in [0.1, 0.15) is 5.82 Å². The van der Waals surface area contributed by atoms with Crippen LogP contribution in [0.5, 0.6) is 11.5 Å². The summed E-state index contributed by atoms with van der Waals surface area (Å²) in [6, 6.07) is 9.80. The molecule has 0 aromatic heterocycles. The lowest BCUT2D eigenvalue weighted by molar-refractivity contribution is -0.147. The second-order valence-electron chi connectivity index (χ2n) is 5.88. The highest BCUT2D eigenvalue weighted by Crippen LogP contribution is 2.28. The molecule has 0 radical (unpaired) electrons. The van der Waals surface area contributed by atoms with Crippen molar-refractivity contribution in [1.82, 2.24) is 0 Å². The van der Waals surface area contributed by atoms with Crippen LogP contribution in [0.4, 0.5) is 10.1 Å². The number of aryl methyl sites for hydroxylation is 2. The number of halogens is 1. The number of hydrogen-bond acceptors (Lipinski definition) is 5. The van der Waals surface area contributed by atoms with Crippen molar-refractivity contribution < 1.29 is 28.2 Å². The molecule has 2 rings (SSSR count). The molecule has 0 atom stereocenters. The van der Waals surface area contributed by atoms with E-state index < -0.39 is 24.3 Å². The number of carbonyl (C=O) groups is 2. The molecule has 1 amide bonds. The average Bonchev–Trinajstić information content (AvgIpc) is 2.66. The van der Waals surface area contributed by atoms with E-state index in [1.54, 1.807) is 32.2 Å². The molecule has 0 heterocycles. The Morgan fingerprint density at radius 2 is 1.78 bits per heavy atom. The van der Waals surface area contributed by atoms with Crippen LogP contribution in [0.3, 0.4) is 0 Å². The normalized spacial score (nSPS) is 10.2. The molecule has 0 spiro atoms. The fourth-order valence-corrected chi connectivity index (χ4v) is 2.41. The molecule has 0 saturated heterocycles. The molecule has 0 saturated carbocycles. The summed E-state index contributed by atoms with van der Waals surface area (Å²) in [6.07, 6.45) is 0.523. The van der Waals surface area contributed by atoms with E-state index in [0.29, 0.717) is 17.9 Å². The van der Waals surface area contributed by atoms with E-state index in [1.165, 1.54) is 19.2 Å². The molecule has 27 heavy (non-hydrogen) atoms. The number of carbonyl (C=O) groups excluding carboxylic acids is 2. The molecule has 6 nitrogen and oxygen atoms in total. The van der Waals surface area contributed by atoms with Gasteiger partial charge in [-0.3, -0.25) is 9.59 Å². The second-order valence-corrected chi connectivity index (χ2v) is 5.88. The number of anilines is 1. The number of rotatable bonds is 8. The van der Waals surface area contributed by atoms with Gasteiger partial charge in [-0.25, -0.2) is 4.39 Å². The van der Waals surface area contributed by atoms with Crippen LogP contribution in [-0.2, 0) is 20.7 Å². The van der Waals surface area contributed by atoms with Crippen molar-refractivity contribution in [3.05, 3.63) is 53.3 Å². The van der Waals surface area contributed by atoms with Gasteiger partial charge in [0, 0.05) is 6.42 Å². The van der Waals surface area contributed by atoms with E-state index in [9.17, 15) is 14.0 Å². The number of ether oxygens (including phenoxy) is 3. The highest BCUT2D eigenvalue weighted by Gasteiger charge is 2.11. The van der Waals surface area contributed by atoms with E-state index >= 15 is 0 Å². The molecule has 0 bridgehead atoms. The Morgan fingerprint density at radius 3 is 2.44 bits per heavy atom. The van der Waals surface area contributed by atoms with Crippen LogP contribution >= 0.6 is 0 Å². The van der Waals surface area contributed by atoms with Gasteiger partial charge in [0.25, 0.3) is 5.91 Å². The minimum atomic E-state index is -0.600. The van der Waals surface area contributed by atoms with Gasteiger partial charge in [-0.1, -0.05) is 12.1 Å². The highest BCUT2D eigenvalue weighted by molar-refractivity contribution is 5.92. The van der Waals surface area contributed by atoms with Crippen molar-refractivity contribution >= 4 is 17.6 Å². The van der Waals surface area contributed by atoms with Gasteiger partial charge >= 0.3 is 5.97 Å². The molecule has 1 N–H and O–H groups in total. The molecular weight excluding hydrogens is 353 g/mol. The third-order valence-corrected chi connectivity index (χ3v) is 3.83. The van der Waals surface area contributed by atoms with Gasteiger partial charge in [-0.05, 0) is 48.7 Å². The number of benzene rings is 2. The Kier molecular flexibility index (Phi) is 7.16. The van der Waals surface area contributed by atoms with Crippen LogP contribution in [0.1, 0.15) is 17.5 Å². The Bertz CT molecular complexity index is 822. The zero-order chi connectivity index (χ0) is 19.8. The fourth-order valence-electron chi connectivity index (χ4n) is 2.41. The van der Waals surface area contributed by atoms with Gasteiger partial charge in [0.2, 0.25) is 0 Å². The smallest absolute Gasteiger partial charge is 0.306 e. The first-order valence-corrected chi connectivity index (χ1v) is 8.35. The summed E-state index contributed by atoms with van der Waals surface area (Å²) in [6.45, 7) is 1.27. The first-order chi connectivity index (χ1) is 12.9.